The molecule has 31 heavy (non-hydrogen) atoms. The molecular weight excluding hydrogens is 394 g/mol. The summed E-state index contributed by atoms with van der Waals surface area (Å²) in [6.07, 6.45) is -1.32. The average molecular weight is 413 g/mol. The maximum atomic E-state index is 13.0. The Bertz CT molecular complexity index is 1110. The molecule has 0 aromatic heterocycles. The third-order valence-electron chi connectivity index (χ3n) is 5.07. The maximum absolute atomic E-state index is 13.0. The van der Waals surface area contributed by atoms with Crippen LogP contribution < -0.4 is 0 Å². The third kappa shape index (κ3) is 4.14. The molecule has 6 nitrogen and oxygen atoms in total. The lowest BCUT2D eigenvalue weighted by atomic mass is 10.00. The maximum Gasteiger partial charge on any atom is 0.308 e. The van der Waals surface area contributed by atoms with Crippen LogP contribution in [-0.2, 0) is 9.53 Å². The Balaban J connectivity index is 1.47. The Morgan fingerprint density at radius 3 is 1.84 bits per heavy atom. The van der Waals surface area contributed by atoms with Gasteiger partial charge in [0.15, 0.2) is 6.10 Å². The van der Waals surface area contributed by atoms with Crippen LogP contribution in [0.1, 0.15) is 49.2 Å². The number of amides is 2. The Kier molecular flexibility index (Phi) is 5.71. The summed E-state index contributed by atoms with van der Waals surface area (Å²) in [7, 11) is 0. The molecule has 6 heteroatoms. The zero-order valence-corrected chi connectivity index (χ0v) is 16.6. The van der Waals surface area contributed by atoms with Crippen molar-refractivity contribution in [3.63, 3.8) is 0 Å². The number of nitrogens with zero attached hydrogens (tertiary/aromatic N) is 1. The molecule has 0 spiro atoms. The van der Waals surface area contributed by atoms with Gasteiger partial charge in [-0.2, -0.15) is 0 Å². The topological polar surface area (TPSA) is 80.8 Å². The molecule has 0 N–H and O–H groups in total. The number of ether oxygens (including phenoxy) is 1. The number of carbonyl (C=O) groups is 4. The van der Waals surface area contributed by atoms with Crippen LogP contribution in [0.5, 0.6) is 0 Å². The number of Topliss-reactive ketones (excluding diaryl/α,β-unsaturated/α-hetero) is 1. The molecule has 0 bridgehead atoms. The number of esters is 1. The van der Waals surface area contributed by atoms with E-state index in [0.29, 0.717) is 22.3 Å². The molecule has 0 fully saturated rings. The minimum absolute atomic E-state index is 0.119. The summed E-state index contributed by atoms with van der Waals surface area (Å²) in [4.78, 5) is 51.5. The van der Waals surface area contributed by atoms with Crippen molar-refractivity contribution in [3.8, 4) is 0 Å². The number of fused-ring (bicyclic) bond motifs is 1. The van der Waals surface area contributed by atoms with Gasteiger partial charge in [-0.1, -0.05) is 72.8 Å². The van der Waals surface area contributed by atoms with Crippen molar-refractivity contribution in [2.24, 2.45) is 0 Å². The van der Waals surface area contributed by atoms with Crippen LogP contribution in [-0.4, -0.2) is 35.0 Å². The Morgan fingerprint density at radius 2 is 1.26 bits per heavy atom. The van der Waals surface area contributed by atoms with Crippen LogP contribution in [0.3, 0.4) is 0 Å². The van der Waals surface area contributed by atoms with Crippen LogP contribution in [0.25, 0.3) is 0 Å². The van der Waals surface area contributed by atoms with Crippen molar-refractivity contribution < 1.29 is 23.9 Å². The minimum Gasteiger partial charge on any atom is -0.449 e. The second-order valence-corrected chi connectivity index (χ2v) is 7.07. The highest BCUT2D eigenvalue weighted by atomic mass is 16.5. The number of benzene rings is 3. The van der Waals surface area contributed by atoms with Crippen molar-refractivity contribution in [1.29, 1.82) is 0 Å². The fraction of sp³-hybridized carbons (Fsp3) is 0.120. The lowest BCUT2D eigenvalue weighted by Gasteiger charge is -2.19. The molecule has 0 saturated carbocycles. The monoisotopic (exact) mass is 413 g/mol. The quantitative estimate of drug-likeness (QED) is 0.334. The van der Waals surface area contributed by atoms with Crippen molar-refractivity contribution in [1.82, 2.24) is 4.90 Å². The number of imide groups is 1. The van der Waals surface area contributed by atoms with Gasteiger partial charge in [0, 0.05) is 17.7 Å². The summed E-state index contributed by atoms with van der Waals surface area (Å²) in [5.41, 5.74) is 1.61. The van der Waals surface area contributed by atoms with E-state index < -0.39 is 23.9 Å². The smallest absolute Gasteiger partial charge is 0.308 e. The molecule has 4 rings (SSSR count). The van der Waals surface area contributed by atoms with Crippen LogP contribution in [0.15, 0.2) is 84.9 Å². The summed E-state index contributed by atoms with van der Waals surface area (Å²) in [6, 6.07) is 23.8. The highest BCUT2D eigenvalue weighted by molar-refractivity contribution is 6.21. The molecule has 154 valence electrons. The van der Waals surface area contributed by atoms with Crippen LogP contribution >= 0.6 is 0 Å². The molecule has 2 amide bonds. The van der Waals surface area contributed by atoms with Gasteiger partial charge in [-0.25, -0.2) is 0 Å². The lowest BCUT2D eigenvalue weighted by Crippen LogP contribution is -2.32. The predicted molar refractivity (Wildman–Crippen MR) is 112 cm³/mol. The fourth-order valence-electron chi connectivity index (χ4n) is 3.49. The van der Waals surface area contributed by atoms with E-state index in [9.17, 15) is 19.2 Å². The first-order chi connectivity index (χ1) is 15.1. The molecule has 0 unspecified atom stereocenters. The second-order valence-electron chi connectivity index (χ2n) is 7.07. The van der Waals surface area contributed by atoms with Gasteiger partial charge in [0.2, 0.25) is 5.78 Å². The van der Waals surface area contributed by atoms with E-state index in [1.54, 1.807) is 84.9 Å². The Labute approximate surface area is 179 Å². The molecule has 1 aliphatic rings. The first-order valence-electron chi connectivity index (χ1n) is 9.85. The van der Waals surface area contributed by atoms with Crippen molar-refractivity contribution in [3.05, 3.63) is 107 Å². The molecule has 1 atom stereocenters. The van der Waals surface area contributed by atoms with Crippen LogP contribution in [0.4, 0.5) is 0 Å². The highest BCUT2D eigenvalue weighted by Gasteiger charge is 2.35. The van der Waals surface area contributed by atoms with E-state index in [-0.39, 0.29) is 18.7 Å². The fourth-order valence-corrected chi connectivity index (χ4v) is 3.49. The molecule has 1 aliphatic heterocycles. The van der Waals surface area contributed by atoms with E-state index in [2.05, 4.69) is 0 Å². The van der Waals surface area contributed by atoms with Crippen molar-refractivity contribution in [2.75, 3.05) is 6.54 Å². The summed E-state index contributed by atoms with van der Waals surface area (Å²) < 4.78 is 5.52. The number of hydrogen-bond acceptors (Lipinski definition) is 5. The zero-order chi connectivity index (χ0) is 21.8. The van der Waals surface area contributed by atoms with E-state index in [1.165, 1.54) is 0 Å². The first kappa shape index (κ1) is 20.2. The molecule has 1 heterocycles. The number of ketones is 1. The molecule has 3 aromatic carbocycles. The van der Waals surface area contributed by atoms with Crippen molar-refractivity contribution in [2.45, 2.75) is 12.5 Å². The van der Waals surface area contributed by atoms with E-state index in [1.807, 2.05) is 0 Å². The molecular formula is C25H19NO5. The van der Waals surface area contributed by atoms with Gasteiger partial charge in [-0.15, -0.1) is 0 Å². The van der Waals surface area contributed by atoms with Crippen LogP contribution in [0, 0.1) is 0 Å². The number of hydrogen-bond donors (Lipinski definition) is 0. The molecule has 0 aliphatic carbocycles. The van der Waals surface area contributed by atoms with E-state index in [0.717, 1.165) is 4.90 Å². The summed E-state index contributed by atoms with van der Waals surface area (Å²) in [5.74, 6) is -1.89. The van der Waals surface area contributed by atoms with Gasteiger partial charge < -0.3 is 4.74 Å². The molecule has 0 saturated heterocycles. The second kappa shape index (κ2) is 8.75. The SMILES string of the molecule is O=C(CCN1C(=O)c2ccccc2C1=O)O[C@@H](C(=O)c1ccccc1)c1ccccc1. The standard InChI is InChI=1S/C25H19NO5/c27-21(15-16-26-24(29)19-13-7-8-14-20(19)25(26)30)31-23(18-11-5-2-6-12-18)22(28)17-9-3-1-4-10-17/h1-14,23H,15-16H2/t23-/m1/s1. The molecule has 0 radical (unpaired) electrons. The largest absolute Gasteiger partial charge is 0.449 e. The van der Waals surface area contributed by atoms with E-state index in [4.69, 9.17) is 4.74 Å². The summed E-state index contributed by atoms with van der Waals surface area (Å²) in [6.45, 7) is -0.119. The Morgan fingerprint density at radius 1 is 0.742 bits per heavy atom. The summed E-state index contributed by atoms with van der Waals surface area (Å²) in [5, 5.41) is 0. The summed E-state index contributed by atoms with van der Waals surface area (Å²) >= 11 is 0. The number of carbonyl (C=O) groups excluding carboxylic acids is 4. The van der Waals surface area contributed by atoms with E-state index >= 15 is 0 Å². The van der Waals surface area contributed by atoms with Gasteiger partial charge >= 0.3 is 5.97 Å². The zero-order valence-electron chi connectivity index (χ0n) is 16.6. The Hall–Kier alpha value is -4.06. The van der Waals surface area contributed by atoms with Gasteiger partial charge in [0.25, 0.3) is 11.8 Å². The lowest BCUT2D eigenvalue weighted by molar-refractivity contribution is -0.147. The van der Waals surface area contributed by atoms with Gasteiger partial charge in [-0.3, -0.25) is 24.1 Å². The highest BCUT2D eigenvalue weighted by Crippen LogP contribution is 2.25. The van der Waals surface area contributed by atoms with Gasteiger partial charge in [-0.05, 0) is 12.1 Å². The molecule has 3 aromatic rings. The van der Waals surface area contributed by atoms with Crippen molar-refractivity contribution >= 4 is 23.6 Å². The third-order valence-corrected chi connectivity index (χ3v) is 5.07. The first-order valence-corrected chi connectivity index (χ1v) is 9.85. The number of rotatable bonds is 7. The normalized spacial score (nSPS) is 13.6. The van der Waals surface area contributed by atoms with Crippen LogP contribution in [0.2, 0.25) is 0 Å². The van der Waals surface area contributed by atoms with Gasteiger partial charge in [0.1, 0.15) is 0 Å². The minimum atomic E-state index is -1.11. The average Bonchev–Trinajstić information content (AvgIpc) is 3.06. The predicted octanol–water partition coefficient (Wildman–Crippen LogP) is 3.84. The van der Waals surface area contributed by atoms with Gasteiger partial charge in [0.05, 0.1) is 17.5 Å².